The Balaban J connectivity index is 1.34. The van der Waals surface area contributed by atoms with Gasteiger partial charge in [-0.25, -0.2) is 8.42 Å². The maximum Gasteiger partial charge on any atom is 0.251 e. The number of amides is 2. The molecule has 7 nitrogen and oxygen atoms in total. The summed E-state index contributed by atoms with van der Waals surface area (Å²) in [4.78, 5) is 26.8. The van der Waals surface area contributed by atoms with Crippen molar-refractivity contribution in [3.8, 4) is 0 Å². The summed E-state index contributed by atoms with van der Waals surface area (Å²) in [6, 6.07) is 18.3. The van der Waals surface area contributed by atoms with Crippen molar-refractivity contribution in [3.63, 3.8) is 0 Å². The van der Waals surface area contributed by atoms with Crippen molar-refractivity contribution in [2.45, 2.75) is 18.7 Å². The molecule has 0 saturated carbocycles. The first kappa shape index (κ1) is 22.9. The number of aryl methyl sites for hydroxylation is 2. The molecule has 1 aliphatic heterocycles. The zero-order valence-corrected chi connectivity index (χ0v) is 19.6. The molecule has 0 aliphatic carbocycles. The van der Waals surface area contributed by atoms with Crippen LogP contribution in [0.5, 0.6) is 0 Å². The highest BCUT2D eigenvalue weighted by Gasteiger charge is 2.30. The normalized spacial score (nSPS) is 14.9. The summed E-state index contributed by atoms with van der Waals surface area (Å²) >= 11 is 0. The summed E-state index contributed by atoms with van der Waals surface area (Å²) in [5.74, 6) is -0.525. The highest BCUT2D eigenvalue weighted by molar-refractivity contribution is 7.89. The lowest BCUT2D eigenvalue weighted by Gasteiger charge is -2.34. The molecule has 1 N–H and O–H groups in total. The number of nitrogens with zero attached hydrogens (tertiary/aromatic N) is 2. The molecular weight excluding hydrogens is 438 g/mol. The van der Waals surface area contributed by atoms with Crippen LogP contribution in [-0.4, -0.2) is 62.2 Å². The molecule has 1 heterocycles. The van der Waals surface area contributed by atoms with Gasteiger partial charge in [0, 0.05) is 31.7 Å². The second-order valence-corrected chi connectivity index (χ2v) is 10.3. The number of sulfonamides is 1. The van der Waals surface area contributed by atoms with E-state index in [0.29, 0.717) is 5.56 Å². The van der Waals surface area contributed by atoms with Gasteiger partial charge < -0.3 is 10.2 Å². The lowest BCUT2D eigenvalue weighted by molar-refractivity contribution is -0.131. The molecule has 1 fully saturated rings. The maximum atomic E-state index is 13.1. The fraction of sp³-hybridized carbons (Fsp3) is 0.280. The fourth-order valence-electron chi connectivity index (χ4n) is 4.13. The Morgan fingerprint density at radius 3 is 2.15 bits per heavy atom. The molecule has 2 amide bonds. The molecule has 0 unspecified atom stereocenters. The number of hydrogen-bond acceptors (Lipinski definition) is 4. The number of hydrogen-bond donors (Lipinski definition) is 1. The van der Waals surface area contributed by atoms with Crippen LogP contribution in [0.4, 0.5) is 0 Å². The predicted octanol–water partition coefficient (Wildman–Crippen LogP) is 2.72. The third kappa shape index (κ3) is 5.07. The van der Waals surface area contributed by atoms with Crippen LogP contribution in [0.25, 0.3) is 10.8 Å². The molecule has 0 aromatic heterocycles. The number of piperazine rings is 1. The average molecular weight is 466 g/mol. The molecule has 1 aliphatic rings. The van der Waals surface area contributed by atoms with Crippen molar-refractivity contribution in [3.05, 3.63) is 77.4 Å². The quantitative estimate of drug-likeness (QED) is 0.628. The summed E-state index contributed by atoms with van der Waals surface area (Å²) in [5, 5.41) is 4.52. The Labute approximate surface area is 194 Å². The highest BCUT2D eigenvalue weighted by Crippen LogP contribution is 2.23. The number of fused-ring (bicyclic) bond motifs is 1. The Morgan fingerprint density at radius 1 is 0.848 bits per heavy atom. The summed E-state index contributed by atoms with van der Waals surface area (Å²) < 4.78 is 27.6. The Hall–Kier alpha value is -3.23. The maximum absolute atomic E-state index is 13.1. The van der Waals surface area contributed by atoms with Crippen LogP contribution in [-0.2, 0) is 14.8 Å². The monoisotopic (exact) mass is 465 g/mol. The molecule has 172 valence electrons. The van der Waals surface area contributed by atoms with Crippen LogP contribution in [0.3, 0.4) is 0 Å². The van der Waals surface area contributed by atoms with Gasteiger partial charge in [0.2, 0.25) is 15.9 Å². The largest absolute Gasteiger partial charge is 0.343 e. The van der Waals surface area contributed by atoms with Crippen molar-refractivity contribution in [1.29, 1.82) is 0 Å². The number of carbonyl (C=O) groups excluding carboxylic acids is 2. The predicted molar refractivity (Wildman–Crippen MR) is 128 cm³/mol. The first-order valence-electron chi connectivity index (χ1n) is 10.9. The first-order valence-corrected chi connectivity index (χ1v) is 12.3. The summed E-state index contributed by atoms with van der Waals surface area (Å²) in [6.45, 7) is 4.71. The number of benzene rings is 3. The number of nitrogens with one attached hydrogen (secondary N) is 1. The van der Waals surface area contributed by atoms with Gasteiger partial charge >= 0.3 is 0 Å². The zero-order valence-electron chi connectivity index (χ0n) is 18.7. The summed E-state index contributed by atoms with van der Waals surface area (Å²) in [5.41, 5.74) is 2.48. The van der Waals surface area contributed by atoms with Gasteiger partial charge in [-0.3, -0.25) is 9.59 Å². The van der Waals surface area contributed by atoms with Gasteiger partial charge in [0.25, 0.3) is 5.91 Å². The Bertz CT molecular complexity index is 1290. The third-order valence-corrected chi connectivity index (χ3v) is 7.73. The SMILES string of the molecule is Cc1cc(C)cc(C(=O)NCC(=O)N2CCN(S(=O)(=O)c3ccc4ccccc4c3)CC2)c1. The Morgan fingerprint density at radius 2 is 1.48 bits per heavy atom. The van der Waals surface area contributed by atoms with E-state index in [1.165, 1.54) is 4.31 Å². The van der Waals surface area contributed by atoms with E-state index < -0.39 is 10.0 Å². The standard InChI is InChI=1S/C25H27N3O4S/c1-18-13-19(2)15-22(14-18)25(30)26-17-24(29)27-9-11-28(12-10-27)33(31,32)23-8-7-20-5-3-4-6-21(20)16-23/h3-8,13-16H,9-12,17H2,1-2H3,(H,26,30). The van der Waals surface area contributed by atoms with E-state index in [-0.39, 0.29) is 49.4 Å². The number of rotatable bonds is 5. The topological polar surface area (TPSA) is 86.8 Å². The lowest BCUT2D eigenvalue weighted by Crippen LogP contribution is -2.52. The van der Waals surface area contributed by atoms with E-state index in [1.807, 2.05) is 44.2 Å². The van der Waals surface area contributed by atoms with Gasteiger partial charge in [-0.2, -0.15) is 4.31 Å². The molecule has 0 atom stereocenters. The van der Waals surface area contributed by atoms with Crippen molar-refractivity contribution in [2.75, 3.05) is 32.7 Å². The zero-order chi connectivity index (χ0) is 23.6. The summed E-state index contributed by atoms with van der Waals surface area (Å²) in [6.07, 6.45) is 0. The average Bonchev–Trinajstić information content (AvgIpc) is 2.81. The minimum Gasteiger partial charge on any atom is -0.343 e. The molecule has 8 heteroatoms. The van der Waals surface area contributed by atoms with E-state index in [4.69, 9.17) is 0 Å². The van der Waals surface area contributed by atoms with Gasteiger partial charge in [-0.05, 0) is 48.9 Å². The minimum absolute atomic E-state index is 0.122. The highest BCUT2D eigenvalue weighted by atomic mass is 32.2. The molecule has 1 saturated heterocycles. The second kappa shape index (κ2) is 9.33. The minimum atomic E-state index is -3.65. The van der Waals surface area contributed by atoms with Gasteiger partial charge in [0.05, 0.1) is 11.4 Å². The van der Waals surface area contributed by atoms with E-state index >= 15 is 0 Å². The Kier molecular flexibility index (Phi) is 6.49. The van der Waals surface area contributed by atoms with E-state index in [0.717, 1.165) is 21.9 Å². The van der Waals surface area contributed by atoms with Gasteiger partial charge in [-0.1, -0.05) is 47.5 Å². The van der Waals surface area contributed by atoms with Gasteiger partial charge in [0.1, 0.15) is 0 Å². The molecule has 0 bridgehead atoms. The van der Waals surface area contributed by atoms with Crippen molar-refractivity contribution in [1.82, 2.24) is 14.5 Å². The van der Waals surface area contributed by atoms with Crippen molar-refractivity contribution >= 4 is 32.6 Å². The van der Waals surface area contributed by atoms with Crippen LogP contribution >= 0.6 is 0 Å². The van der Waals surface area contributed by atoms with Gasteiger partial charge in [0.15, 0.2) is 0 Å². The van der Waals surface area contributed by atoms with Crippen LogP contribution in [0.2, 0.25) is 0 Å². The van der Waals surface area contributed by atoms with Gasteiger partial charge in [-0.15, -0.1) is 0 Å². The summed E-state index contributed by atoms with van der Waals surface area (Å²) in [7, 11) is -3.65. The molecule has 0 spiro atoms. The molecular formula is C25H27N3O4S. The smallest absolute Gasteiger partial charge is 0.251 e. The lowest BCUT2D eigenvalue weighted by atomic mass is 10.1. The number of carbonyl (C=O) groups is 2. The van der Waals surface area contributed by atoms with Crippen LogP contribution in [0, 0.1) is 13.8 Å². The van der Waals surface area contributed by atoms with E-state index in [1.54, 1.807) is 35.2 Å². The van der Waals surface area contributed by atoms with E-state index in [9.17, 15) is 18.0 Å². The van der Waals surface area contributed by atoms with Crippen LogP contribution < -0.4 is 5.32 Å². The molecule has 33 heavy (non-hydrogen) atoms. The molecule has 0 radical (unpaired) electrons. The first-order chi connectivity index (χ1) is 15.7. The van der Waals surface area contributed by atoms with Crippen LogP contribution in [0.1, 0.15) is 21.5 Å². The molecule has 3 aromatic carbocycles. The molecule has 4 rings (SSSR count). The van der Waals surface area contributed by atoms with Crippen molar-refractivity contribution < 1.29 is 18.0 Å². The second-order valence-electron chi connectivity index (χ2n) is 8.35. The fourth-order valence-corrected chi connectivity index (χ4v) is 5.59. The van der Waals surface area contributed by atoms with Crippen molar-refractivity contribution in [2.24, 2.45) is 0 Å². The van der Waals surface area contributed by atoms with E-state index in [2.05, 4.69) is 5.32 Å². The third-order valence-electron chi connectivity index (χ3n) is 5.83. The van der Waals surface area contributed by atoms with Crippen LogP contribution in [0.15, 0.2) is 65.6 Å². The molecule has 3 aromatic rings.